The quantitative estimate of drug-likeness (QED) is 0.835. The van der Waals surface area contributed by atoms with Gasteiger partial charge in [-0.05, 0) is 6.92 Å². The number of halogens is 1. The Balaban J connectivity index is 3.02. The predicted octanol–water partition coefficient (Wildman–Crippen LogP) is 2.27. The van der Waals surface area contributed by atoms with Crippen molar-refractivity contribution in [1.29, 1.82) is 0 Å². The fraction of sp³-hybridized carbons (Fsp3) is 0.333. The summed E-state index contributed by atoms with van der Waals surface area (Å²) in [7, 11) is 2.92. The summed E-state index contributed by atoms with van der Waals surface area (Å²) in [6, 6.07) is 3.14. The number of carbonyl (C=O) groups excluding carboxylic acids is 2. The van der Waals surface area contributed by atoms with Crippen molar-refractivity contribution in [3.05, 3.63) is 17.2 Å². The highest BCUT2D eigenvalue weighted by atomic mass is 35.5. The van der Waals surface area contributed by atoms with Gasteiger partial charge in [-0.2, -0.15) is 0 Å². The zero-order valence-electron chi connectivity index (χ0n) is 10.4. The van der Waals surface area contributed by atoms with E-state index in [1.165, 1.54) is 21.1 Å². The number of ether oxygens (including phenoxy) is 2. The van der Waals surface area contributed by atoms with E-state index in [2.05, 4.69) is 5.32 Å². The van der Waals surface area contributed by atoms with E-state index >= 15 is 0 Å². The van der Waals surface area contributed by atoms with Crippen molar-refractivity contribution in [3.63, 3.8) is 0 Å². The molecule has 0 saturated carbocycles. The number of anilines is 1. The highest BCUT2D eigenvalue weighted by Crippen LogP contribution is 2.37. The van der Waals surface area contributed by atoms with Crippen LogP contribution in [-0.2, 0) is 9.59 Å². The van der Waals surface area contributed by atoms with Crippen LogP contribution in [0.1, 0.15) is 13.3 Å². The second-order valence-electron chi connectivity index (χ2n) is 3.62. The summed E-state index contributed by atoms with van der Waals surface area (Å²) in [6.07, 6.45) is -0.196. The van der Waals surface area contributed by atoms with Crippen molar-refractivity contribution in [3.8, 4) is 11.5 Å². The van der Waals surface area contributed by atoms with Crippen LogP contribution < -0.4 is 14.8 Å². The number of ketones is 1. The lowest BCUT2D eigenvalue weighted by Gasteiger charge is -2.13. The largest absolute Gasteiger partial charge is 0.497 e. The Morgan fingerprint density at radius 2 is 1.94 bits per heavy atom. The summed E-state index contributed by atoms with van der Waals surface area (Å²) in [5.41, 5.74) is 0.369. The smallest absolute Gasteiger partial charge is 0.231 e. The molecule has 0 saturated heterocycles. The molecule has 0 atom stereocenters. The van der Waals surface area contributed by atoms with Gasteiger partial charge in [0, 0.05) is 12.1 Å². The fourth-order valence-corrected chi connectivity index (χ4v) is 1.69. The molecular weight excluding hydrogens is 258 g/mol. The second kappa shape index (κ2) is 6.26. The summed E-state index contributed by atoms with van der Waals surface area (Å²) in [5.74, 6) is 0.166. The minimum Gasteiger partial charge on any atom is -0.497 e. The molecule has 0 heterocycles. The molecule has 98 valence electrons. The van der Waals surface area contributed by atoms with Crippen LogP contribution in [0.25, 0.3) is 0 Å². The number of carbonyl (C=O) groups is 2. The third kappa shape index (κ3) is 3.63. The van der Waals surface area contributed by atoms with Crippen LogP contribution in [-0.4, -0.2) is 25.9 Å². The van der Waals surface area contributed by atoms with Gasteiger partial charge < -0.3 is 14.8 Å². The number of hydrogen-bond acceptors (Lipinski definition) is 4. The number of Topliss-reactive ketones (excluding diaryl/α,β-unsaturated/α-hetero) is 1. The van der Waals surface area contributed by atoms with Gasteiger partial charge in [0.05, 0.1) is 31.4 Å². The van der Waals surface area contributed by atoms with E-state index in [-0.39, 0.29) is 12.2 Å². The first-order chi connectivity index (χ1) is 8.47. The molecule has 1 amide bonds. The van der Waals surface area contributed by atoms with Crippen LogP contribution in [0.3, 0.4) is 0 Å². The molecule has 0 aromatic heterocycles. The van der Waals surface area contributed by atoms with Gasteiger partial charge in [-0.25, -0.2) is 0 Å². The summed E-state index contributed by atoms with van der Waals surface area (Å²) < 4.78 is 10.1. The topological polar surface area (TPSA) is 64.6 Å². The molecule has 6 heteroatoms. The zero-order chi connectivity index (χ0) is 13.7. The monoisotopic (exact) mass is 271 g/mol. The van der Waals surface area contributed by atoms with Gasteiger partial charge in [0.1, 0.15) is 11.5 Å². The van der Waals surface area contributed by atoms with Gasteiger partial charge in [0.2, 0.25) is 5.91 Å². The standard InChI is InChI=1S/C12H14ClNO4/c1-7(15)4-11(16)14-10-6-8(17-2)5-9(13)12(10)18-3/h5-6H,4H2,1-3H3,(H,14,16). The molecule has 1 aromatic rings. The third-order valence-electron chi connectivity index (χ3n) is 2.14. The normalized spacial score (nSPS) is 9.78. The van der Waals surface area contributed by atoms with Gasteiger partial charge in [0.15, 0.2) is 5.75 Å². The number of benzene rings is 1. The summed E-state index contributed by atoms with van der Waals surface area (Å²) in [4.78, 5) is 22.4. The highest BCUT2D eigenvalue weighted by molar-refractivity contribution is 6.32. The van der Waals surface area contributed by atoms with Gasteiger partial charge in [-0.15, -0.1) is 0 Å². The van der Waals surface area contributed by atoms with E-state index in [4.69, 9.17) is 21.1 Å². The van der Waals surface area contributed by atoms with Crippen LogP contribution in [0, 0.1) is 0 Å². The van der Waals surface area contributed by atoms with Crippen LogP contribution in [0.4, 0.5) is 5.69 Å². The van der Waals surface area contributed by atoms with Crippen molar-refractivity contribution >= 4 is 29.0 Å². The molecule has 0 unspecified atom stereocenters. The highest BCUT2D eigenvalue weighted by Gasteiger charge is 2.14. The van der Waals surface area contributed by atoms with E-state index in [0.717, 1.165) is 0 Å². The first-order valence-electron chi connectivity index (χ1n) is 5.18. The summed E-state index contributed by atoms with van der Waals surface area (Å²) in [5, 5.41) is 2.87. The summed E-state index contributed by atoms with van der Waals surface area (Å²) in [6.45, 7) is 1.34. The lowest BCUT2D eigenvalue weighted by Crippen LogP contribution is -2.15. The lowest BCUT2D eigenvalue weighted by atomic mass is 10.2. The maximum atomic E-state index is 11.5. The Morgan fingerprint density at radius 1 is 1.28 bits per heavy atom. The lowest BCUT2D eigenvalue weighted by molar-refractivity contribution is -0.124. The average Bonchev–Trinajstić information content (AvgIpc) is 2.27. The molecule has 0 bridgehead atoms. The third-order valence-corrected chi connectivity index (χ3v) is 2.42. The molecule has 0 spiro atoms. The molecule has 1 N–H and O–H groups in total. The van der Waals surface area contributed by atoms with Crippen LogP contribution in [0.5, 0.6) is 11.5 Å². The minimum absolute atomic E-state index is 0.196. The molecule has 1 aromatic carbocycles. The van der Waals surface area contributed by atoms with Crippen LogP contribution in [0.2, 0.25) is 5.02 Å². The van der Waals surface area contributed by atoms with Crippen LogP contribution >= 0.6 is 11.6 Å². The van der Waals surface area contributed by atoms with E-state index in [1.54, 1.807) is 12.1 Å². The van der Waals surface area contributed by atoms with Crippen molar-refractivity contribution in [2.24, 2.45) is 0 Å². The SMILES string of the molecule is COc1cc(Cl)c(OC)c(NC(=O)CC(C)=O)c1. The Labute approximate surface area is 110 Å². The molecule has 5 nitrogen and oxygen atoms in total. The van der Waals surface area contributed by atoms with Crippen LogP contribution in [0.15, 0.2) is 12.1 Å². The first-order valence-corrected chi connectivity index (χ1v) is 5.56. The molecule has 0 aliphatic rings. The first kappa shape index (κ1) is 14.3. The van der Waals surface area contributed by atoms with Gasteiger partial charge in [-0.3, -0.25) is 9.59 Å². The number of nitrogens with one attached hydrogen (secondary N) is 1. The van der Waals surface area contributed by atoms with Gasteiger partial charge in [0.25, 0.3) is 0 Å². The van der Waals surface area contributed by atoms with Crippen molar-refractivity contribution in [1.82, 2.24) is 0 Å². The Hall–Kier alpha value is -1.75. The number of hydrogen-bond donors (Lipinski definition) is 1. The Bertz CT molecular complexity index is 473. The van der Waals surface area contributed by atoms with Crippen molar-refractivity contribution < 1.29 is 19.1 Å². The molecule has 0 radical (unpaired) electrons. The fourth-order valence-electron chi connectivity index (χ4n) is 1.41. The second-order valence-corrected chi connectivity index (χ2v) is 4.02. The number of rotatable bonds is 5. The van der Waals surface area contributed by atoms with Crippen molar-refractivity contribution in [2.75, 3.05) is 19.5 Å². The van der Waals surface area contributed by atoms with E-state index in [1.807, 2.05) is 0 Å². The van der Waals surface area contributed by atoms with E-state index < -0.39 is 5.91 Å². The maximum absolute atomic E-state index is 11.5. The average molecular weight is 272 g/mol. The van der Waals surface area contributed by atoms with E-state index in [9.17, 15) is 9.59 Å². The molecule has 0 aliphatic carbocycles. The predicted molar refractivity (Wildman–Crippen MR) is 68.5 cm³/mol. The van der Waals surface area contributed by atoms with E-state index in [0.29, 0.717) is 22.2 Å². The van der Waals surface area contributed by atoms with Gasteiger partial charge >= 0.3 is 0 Å². The molecule has 0 aliphatic heterocycles. The molecule has 18 heavy (non-hydrogen) atoms. The molecule has 1 rings (SSSR count). The Morgan fingerprint density at radius 3 is 2.44 bits per heavy atom. The maximum Gasteiger partial charge on any atom is 0.231 e. The molecule has 0 fully saturated rings. The number of methoxy groups -OCH3 is 2. The minimum atomic E-state index is -0.426. The zero-order valence-corrected chi connectivity index (χ0v) is 11.1. The molecular formula is C12H14ClNO4. The van der Waals surface area contributed by atoms with Gasteiger partial charge in [-0.1, -0.05) is 11.6 Å². The Kier molecular flexibility index (Phi) is 4.97. The van der Waals surface area contributed by atoms with Crippen molar-refractivity contribution in [2.45, 2.75) is 13.3 Å². The summed E-state index contributed by atoms with van der Waals surface area (Å²) >= 11 is 5.98. The number of amides is 1.